The largest absolute Gasteiger partial charge is 0.393 e. The van der Waals surface area contributed by atoms with E-state index in [1.807, 2.05) is 26.1 Å². The number of nitrogen functional groups attached to an aromatic ring is 1. The number of amidine groups is 1. The van der Waals surface area contributed by atoms with Crippen molar-refractivity contribution in [1.82, 2.24) is 4.98 Å². The van der Waals surface area contributed by atoms with Gasteiger partial charge in [-0.1, -0.05) is 0 Å². The maximum absolute atomic E-state index is 9.28. The van der Waals surface area contributed by atoms with E-state index in [1.165, 1.54) is 0 Å². The van der Waals surface area contributed by atoms with E-state index in [1.54, 1.807) is 0 Å². The Kier molecular flexibility index (Phi) is 3.52. The van der Waals surface area contributed by atoms with Crippen LogP contribution in [-0.4, -0.2) is 35.6 Å². The van der Waals surface area contributed by atoms with E-state index < -0.39 is 0 Å². The molecule has 2 rings (SSSR count). The minimum atomic E-state index is -0.123. The molecule has 1 heterocycles. The lowest BCUT2D eigenvalue weighted by Crippen LogP contribution is -2.37. The van der Waals surface area contributed by atoms with Crippen LogP contribution in [0.15, 0.2) is 12.1 Å². The van der Waals surface area contributed by atoms with Gasteiger partial charge in [0.2, 0.25) is 0 Å². The number of nitrogens with two attached hydrogens (primary N) is 1. The van der Waals surface area contributed by atoms with E-state index in [9.17, 15) is 5.11 Å². The summed E-state index contributed by atoms with van der Waals surface area (Å²) >= 11 is 0. The van der Waals surface area contributed by atoms with Crippen LogP contribution in [0, 0.1) is 18.3 Å². The van der Waals surface area contributed by atoms with Crippen LogP contribution in [0.3, 0.4) is 0 Å². The quantitative estimate of drug-likeness (QED) is 0.545. The summed E-state index contributed by atoms with van der Waals surface area (Å²) in [7, 11) is 1.98. The lowest BCUT2D eigenvalue weighted by atomic mass is 9.82. The van der Waals surface area contributed by atoms with Gasteiger partial charge in [0.25, 0.3) is 0 Å². The zero-order chi connectivity index (χ0) is 13.3. The molecule has 1 aliphatic carbocycles. The third-order valence-corrected chi connectivity index (χ3v) is 3.38. The van der Waals surface area contributed by atoms with E-state index in [0.717, 1.165) is 30.9 Å². The summed E-state index contributed by atoms with van der Waals surface area (Å²) in [5.74, 6) is 1.43. The lowest BCUT2D eigenvalue weighted by molar-refractivity contribution is 0.0464. The molecule has 4 N–H and O–H groups in total. The van der Waals surface area contributed by atoms with Crippen molar-refractivity contribution >= 4 is 11.7 Å². The minimum absolute atomic E-state index is 0.0641. The smallest absolute Gasteiger partial charge is 0.129 e. The maximum atomic E-state index is 9.28. The molecule has 0 unspecified atom stereocenters. The van der Waals surface area contributed by atoms with Crippen LogP contribution < -0.4 is 10.6 Å². The summed E-state index contributed by atoms with van der Waals surface area (Å²) in [6.07, 6.45) is 1.62. The summed E-state index contributed by atoms with van der Waals surface area (Å²) < 4.78 is 0. The fourth-order valence-electron chi connectivity index (χ4n) is 2.33. The van der Waals surface area contributed by atoms with Gasteiger partial charge in [0.1, 0.15) is 11.7 Å². The van der Waals surface area contributed by atoms with Crippen LogP contribution in [0.1, 0.15) is 24.1 Å². The molecular formula is C13H20N4O. The fourth-order valence-corrected chi connectivity index (χ4v) is 2.33. The first-order chi connectivity index (χ1) is 8.45. The van der Waals surface area contributed by atoms with Gasteiger partial charge in [0.15, 0.2) is 0 Å². The second kappa shape index (κ2) is 4.94. The number of hydrogen-bond donors (Lipinski definition) is 3. The van der Waals surface area contributed by atoms with Crippen LogP contribution >= 0.6 is 0 Å². The number of nitrogens with zero attached hydrogens (tertiary/aromatic N) is 2. The Morgan fingerprint density at radius 2 is 2.22 bits per heavy atom. The number of aliphatic hydroxyl groups excluding tert-OH is 1. The highest BCUT2D eigenvalue weighted by Crippen LogP contribution is 2.28. The topological polar surface area (TPSA) is 86.2 Å². The van der Waals surface area contributed by atoms with Crippen molar-refractivity contribution in [1.29, 1.82) is 5.41 Å². The highest BCUT2D eigenvalue weighted by Gasteiger charge is 2.28. The number of nitrogens with one attached hydrogen (secondary N) is 1. The molecule has 98 valence electrons. The summed E-state index contributed by atoms with van der Waals surface area (Å²) in [4.78, 5) is 6.52. The number of aromatic nitrogens is 1. The zero-order valence-corrected chi connectivity index (χ0v) is 10.8. The molecule has 5 nitrogen and oxygen atoms in total. The highest BCUT2D eigenvalue weighted by molar-refractivity contribution is 5.95. The standard InChI is InChI=1S/C13H20N4O/c1-8-3-10(13(14)15)6-12(16-8)17(2)7-9-4-11(18)5-9/h3,6,9,11,18H,4-5,7H2,1-2H3,(H3,14,15). The van der Waals surface area contributed by atoms with Crippen LogP contribution in [0.4, 0.5) is 5.82 Å². The summed E-state index contributed by atoms with van der Waals surface area (Å²) in [6, 6.07) is 3.65. The Hall–Kier alpha value is -1.62. The first-order valence-electron chi connectivity index (χ1n) is 6.18. The van der Waals surface area contributed by atoms with Gasteiger partial charge in [-0.15, -0.1) is 0 Å². The first kappa shape index (κ1) is 12.8. The average molecular weight is 248 g/mol. The SMILES string of the molecule is Cc1cc(C(=N)N)cc(N(C)CC2CC(O)C2)n1. The van der Waals surface area contributed by atoms with Gasteiger partial charge in [0.05, 0.1) is 6.10 Å². The zero-order valence-electron chi connectivity index (χ0n) is 10.8. The molecule has 0 saturated heterocycles. The maximum Gasteiger partial charge on any atom is 0.129 e. The van der Waals surface area contributed by atoms with Crippen LogP contribution in [0.25, 0.3) is 0 Å². The summed E-state index contributed by atoms with van der Waals surface area (Å²) in [5, 5.41) is 16.8. The molecule has 0 radical (unpaired) electrons. The number of hydrogen-bond acceptors (Lipinski definition) is 4. The molecule has 0 atom stereocenters. The fraction of sp³-hybridized carbons (Fsp3) is 0.538. The Labute approximate surface area is 107 Å². The minimum Gasteiger partial charge on any atom is -0.393 e. The van der Waals surface area contributed by atoms with Crippen molar-refractivity contribution < 1.29 is 5.11 Å². The normalized spacial score (nSPS) is 22.4. The Balaban J connectivity index is 2.09. The number of rotatable bonds is 4. The second-order valence-corrected chi connectivity index (χ2v) is 5.14. The van der Waals surface area contributed by atoms with Gasteiger partial charge in [0, 0.05) is 24.8 Å². The monoisotopic (exact) mass is 248 g/mol. The number of anilines is 1. The second-order valence-electron chi connectivity index (χ2n) is 5.14. The van der Waals surface area contributed by atoms with Gasteiger partial charge in [-0.3, -0.25) is 5.41 Å². The van der Waals surface area contributed by atoms with Crippen LogP contribution in [-0.2, 0) is 0 Å². The van der Waals surface area contributed by atoms with Gasteiger partial charge >= 0.3 is 0 Å². The van der Waals surface area contributed by atoms with Crippen molar-refractivity contribution in [2.45, 2.75) is 25.9 Å². The molecule has 1 aromatic rings. The number of pyridine rings is 1. The molecule has 1 aromatic heterocycles. The molecule has 0 spiro atoms. The van der Waals surface area contributed by atoms with Gasteiger partial charge in [-0.2, -0.15) is 0 Å². The van der Waals surface area contributed by atoms with Gasteiger partial charge in [-0.25, -0.2) is 4.98 Å². The number of aliphatic hydroxyl groups is 1. The molecule has 0 aliphatic heterocycles. The predicted molar refractivity (Wildman–Crippen MR) is 72.0 cm³/mol. The van der Waals surface area contributed by atoms with Gasteiger partial charge in [-0.05, 0) is 37.8 Å². The summed E-state index contributed by atoms with van der Waals surface area (Å²) in [6.45, 7) is 2.78. The first-order valence-corrected chi connectivity index (χ1v) is 6.18. The van der Waals surface area contributed by atoms with E-state index in [-0.39, 0.29) is 11.9 Å². The van der Waals surface area contributed by atoms with Crippen molar-refractivity contribution in [2.75, 3.05) is 18.5 Å². The molecule has 0 aromatic carbocycles. The van der Waals surface area contributed by atoms with E-state index in [2.05, 4.69) is 9.88 Å². The van der Waals surface area contributed by atoms with Crippen LogP contribution in [0.2, 0.25) is 0 Å². The molecular weight excluding hydrogens is 228 g/mol. The Bertz CT molecular complexity index is 454. The Morgan fingerprint density at radius 1 is 1.56 bits per heavy atom. The molecule has 18 heavy (non-hydrogen) atoms. The predicted octanol–water partition coefficient (Wildman–Crippen LogP) is 0.881. The van der Waals surface area contributed by atoms with Crippen molar-refractivity contribution in [3.63, 3.8) is 0 Å². The summed E-state index contributed by atoms with van der Waals surface area (Å²) in [5.41, 5.74) is 7.08. The van der Waals surface area contributed by atoms with E-state index in [4.69, 9.17) is 11.1 Å². The molecule has 0 bridgehead atoms. The molecule has 1 fully saturated rings. The van der Waals surface area contributed by atoms with Crippen molar-refractivity contribution in [3.05, 3.63) is 23.4 Å². The van der Waals surface area contributed by atoms with Crippen LogP contribution in [0.5, 0.6) is 0 Å². The third-order valence-electron chi connectivity index (χ3n) is 3.38. The molecule has 0 amide bonds. The van der Waals surface area contributed by atoms with Crippen molar-refractivity contribution in [3.8, 4) is 0 Å². The number of aryl methyl sites for hydroxylation is 1. The average Bonchev–Trinajstić information content (AvgIpc) is 2.26. The molecule has 1 aliphatic rings. The van der Waals surface area contributed by atoms with Gasteiger partial charge < -0.3 is 15.7 Å². The Morgan fingerprint density at radius 3 is 2.78 bits per heavy atom. The molecule has 1 saturated carbocycles. The lowest BCUT2D eigenvalue weighted by Gasteiger charge is -2.34. The van der Waals surface area contributed by atoms with E-state index >= 15 is 0 Å². The molecule has 5 heteroatoms. The van der Waals surface area contributed by atoms with Crippen molar-refractivity contribution in [2.24, 2.45) is 11.7 Å². The highest BCUT2D eigenvalue weighted by atomic mass is 16.3. The van der Waals surface area contributed by atoms with E-state index in [0.29, 0.717) is 11.5 Å². The third kappa shape index (κ3) is 2.79.